The van der Waals surface area contributed by atoms with Gasteiger partial charge in [0, 0.05) is 17.0 Å². The van der Waals surface area contributed by atoms with Crippen molar-refractivity contribution in [2.24, 2.45) is 5.90 Å². The van der Waals surface area contributed by atoms with Gasteiger partial charge in [-0.25, -0.2) is 10.9 Å². The first kappa shape index (κ1) is 10.6. The first-order valence-electron chi connectivity index (χ1n) is 4.80. The lowest BCUT2D eigenvalue weighted by Gasteiger charge is -2.23. The van der Waals surface area contributed by atoms with Gasteiger partial charge in [-0.3, -0.25) is 4.40 Å². The Balaban J connectivity index is 2.58. The Morgan fingerprint density at radius 2 is 2.33 bits per heavy atom. The summed E-state index contributed by atoms with van der Waals surface area (Å²) in [6, 6.07) is 0. The van der Waals surface area contributed by atoms with Crippen LogP contribution >= 0.6 is 11.3 Å². The normalized spacial score (nSPS) is 12.5. The molecule has 15 heavy (non-hydrogen) atoms. The molecule has 0 amide bonds. The maximum atomic E-state index is 5.16. The van der Waals surface area contributed by atoms with Crippen LogP contribution in [0.3, 0.4) is 0 Å². The summed E-state index contributed by atoms with van der Waals surface area (Å²) in [5.74, 6) is 5.16. The van der Waals surface area contributed by atoms with Crippen LogP contribution in [0, 0.1) is 6.92 Å². The zero-order valence-corrected chi connectivity index (χ0v) is 9.97. The molecule has 5 heteroatoms. The highest BCUT2D eigenvalue weighted by Gasteiger charge is 2.27. The molecule has 0 unspecified atom stereocenters. The van der Waals surface area contributed by atoms with Crippen LogP contribution in [0.25, 0.3) is 4.96 Å². The summed E-state index contributed by atoms with van der Waals surface area (Å²) >= 11 is 1.64. The van der Waals surface area contributed by atoms with E-state index in [4.69, 9.17) is 10.7 Å². The summed E-state index contributed by atoms with van der Waals surface area (Å²) in [4.78, 5) is 10.3. The third kappa shape index (κ3) is 1.67. The first-order chi connectivity index (χ1) is 7.06. The van der Waals surface area contributed by atoms with Gasteiger partial charge in [-0.2, -0.15) is 0 Å². The van der Waals surface area contributed by atoms with E-state index in [0.717, 1.165) is 10.7 Å². The van der Waals surface area contributed by atoms with Gasteiger partial charge in [0.1, 0.15) is 0 Å². The van der Waals surface area contributed by atoms with E-state index >= 15 is 0 Å². The largest absolute Gasteiger partial charge is 0.304 e. The van der Waals surface area contributed by atoms with Crippen LogP contribution in [0.2, 0.25) is 0 Å². The number of imidazole rings is 1. The molecule has 2 aromatic rings. The predicted octanol–water partition coefficient (Wildman–Crippen LogP) is 1.87. The number of aryl methyl sites for hydroxylation is 1. The molecule has 0 fully saturated rings. The minimum Gasteiger partial charge on any atom is -0.304 e. The Morgan fingerprint density at radius 1 is 1.60 bits per heavy atom. The average molecular weight is 225 g/mol. The molecule has 2 rings (SSSR count). The van der Waals surface area contributed by atoms with Crippen molar-refractivity contribution in [2.75, 3.05) is 6.61 Å². The van der Waals surface area contributed by atoms with E-state index in [9.17, 15) is 0 Å². The maximum absolute atomic E-state index is 5.16. The summed E-state index contributed by atoms with van der Waals surface area (Å²) in [6.45, 7) is 6.72. The fourth-order valence-corrected chi connectivity index (χ4v) is 2.75. The van der Waals surface area contributed by atoms with Crippen molar-refractivity contribution in [1.82, 2.24) is 9.38 Å². The molecule has 0 saturated heterocycles. The summed E-state index contributed by atoms with van der Waals surface area (Å²) < 4.78 is 2.11. The molecule has 2 heterocycles. The Morgan fingerprint density at radius 3 is 3.00 bits per heavy atom. The summed E-state index contributed by atoms with van der Waals surface area (Å²) in [5.41, 5.74) is 2.09. The SMILES string of the molecule is Cc1nc2sccn2c1C(C)(C)CON. The molecule has 2 N–H and O–H groups in total. The standard InChI is InChI=1S/C10H15N3OS/c1-7-8(10(2,3)6-14-11)13-4-5-15-9(13)12-7/h4-5H,6,11H2,1-3H3. The summed E-state index contributed by atoms with van der Waals surface area (Å²) in [6.07, 6.45) is 2.04. The summed E-state index contributed by atoms with van der Waals surface area (Å²) in [7, 11) is 0. The van der Waals surface area contributed by atoms with Crippen LogP contribution in [-0.4, -0.2) is 16.0 Å². The van der Waals surface area contributed by atoms with Crippen LogP contribution in [-0.2, 0) is 10.3 Å². The molecule has 0 atom stereocenters. The number of rotatable bonds is 3. The van der Waals surface area contributed by atoms with Gasteiger partial charge in [0.05, 0.1) is 18.0 Å². The van der Waals surface area contributed by atoms with Crippen molar-refractivity contribution >= 4 is 16.3 Å². The second kappa shape index (κ2) is 3.59. The zero-order chi connectivity index (χ0) is 11.1. The van der Waals surface area contributed by atoms with Gasteiger partial charge in [-0.05, 0) is 6.92 Å². The molecule has 82 valence electrons. The molecular formula is C10H15N3OS. The van der Waals surface area contributed by atoms with E-state index in [1.54, 1.807) is 11.3 Å². The summed E-state index contributed by atoms with van der Waals surface area (Å²) in [5, 5.41) is 2.03. The molecule has 0 aliphatic heterocycles. The fourth-order valence-electron chi connectivity index (χ4n) is 1.99. The highest BCUT2D eigenvalue weighted by Crippen LogP contribution is 2.28. The zero-order valence-electron chi connectivity index (χ0n) is 9.15. The Labute approximate surface area is 92.6 Å². The van der Waals surface area contributed by atoms with Gasteiger partial charge in [0.2, 0.25) is 0 Å². The van der Waals surface area contributed by atoms with Gasteiger partial charge in [0.15, 0.2) is 4.96 Å². The molecule has 0 aliphatic carbocycles. The number of hydrogen-bond acceptors (Lipinski definition) is 4. The Hall–Kier alpha value is -0.910. The Kier molecular flexibility index (Phi) is 2.54. The predicted molar refractivity (Wildman–Crippen MR) is 61.0 cm³/mol. The highest BCUT2D eigenvalue weighted by molar-refractivity contribution is 7.15. The number of thiazole rings is 1. The lowest BCUT2D eigenvalue weighted by molar-refractivity contribution is 0.0944. The second-order valence-corrected chi connectivity index (χ2v) is 5.17. The van der Waals surface area contributed by atoms with Gasteiger partial charge >= 0.3 is 0 Å². The lowest BCUT2D eigenvalue weighted by atomic mass is 9.89. The van der Waals surface area contributed by atoms with Crippen LogP contribution in [0.4, 0.5) is 0 Å². The number of nitrogens with two attached hydrogens (primary N) is 1. The molecule has 4 nitrogen and oxygen atoms in total. The number of fused-ring (bicyclic) bond motifs is 1. The third-order valence-electron chi connectivity index (χ3n) is 2.52. The highest BCUT2D eigenvalue weighted by atomic mass is 32.1. The average Bonchev–Trinajstić information content (AvgIpc) is 2.61. The van der Waals surface area contributed by atoms with Gasteiger partial charge < -0.3 is 4.84 Å². The van der Waals surface area contributed by atoms with E-state index in [1.807, 2.05) is 18.5 Å². The van der Waals surface area contributed by atoms with Gasteiger partial charge in [-0.15, -0.1) is 11.3 Å². The second-order valence-electron chi connectivity index (χ2n) is 4.30. The lowest BCUT2D eigenvalue weighted by Crippen LogP contribution is -2.28. The third-order valence-corrected chi connectivity index (χ3v) is 3.28. The van der Waals surface area contributed by atoms with Crippen LogP contribution in [0.15, 0.2) is 11.6 Å². The van der Waals surface area contributed by atoms with Crippen molar-refractivity contribution in [3.8, 4) is 0 Å². The molecule has 0 bridgehead atoms. The minimum absolute atomic E-state index is 0.126. The fraction of sp³-hybridized carbons (Fsp3) is 0.500. The number of hydrogen-bond donors (Lipinski definition) is 1. The molecule has 0 aromatic carbocycles. The molecule has 0 aliphatic rings. The van der Waals surface area contributed by atoms with Crippen LogP contribution in [0.5, 0.6) is 0 Å². The van der Waals surface area contributed by atoms with Crippen molar-refractivity contribution in [3.05, 3.63) is 23.0 Å². The molecular weight excluding hydrogens is 210 g/mol. The molecule has 0 saturated carbocycles. The van der Waals surface area contributed by atoms with E-state index in [1.165, 1.54) is 5.69 Å². The van der Waals surface area contributed by atoms with Crippen molar-refractivity contribution in [2.45, 2.75) is 26.2 Å². The maximum Gasteiger partial charge on any atom is 0.194 e. The Bertz CT molecular complexity index is 472. The van der Waals surface area contributed by atoms with E-state index in [0.29, 0.717) is 6.61 Å². The first-order valence-corrected chi connectivity index (χ1v) is 5.68. The van der Waals surface area contributed by atoms with E-state index in [2.05, 4.69) is 23.2 Å². The number of aromatic nitrogens is 2. The number of nitrogens with zero attached hydrogens (tertiary/aromatic N) is 2. The van der Waals surface area contributed by atoms with Gasteiger partial charge in [-0.1, -0.05) is 13.8 Å². The molecule has 0 radical (unpaired) electrons. The van der Waals surface area contributed by atoms with Crippen molar-refractivity contribution in [3.63, 3.8) is 0 Å². The molecule has 2 aromatic heterocycles. The van der Waals surface area contributed by atoms with E-state index < -0.39 is 0 Å². The van der Waals surface area contributed by atoms with Crippen molar-refractivity contribution < 1.29 is 4.84 Å². The van der Waals surface area contributed by atoms with Crippen molar-refractivity contribution in [1.29, 1.82) is 0 Å². The smallest absolute Gasteiger partial charge is 0.194 e. The minimum atomic E-state index is -0.126. The topological polar surface area (TPSA) is 52.5 Å². The molecule has 0 spiro atoms. The quantitative estimate of drug-likeness (QED) is 0.811. The monoisotopic (exact) mass is 225 g/mol. The van der Waals surface area contributed by atoms with Crippen LogP contribution in [0.1, 0.15) is 25.2 Å². The van der Waals surface area contributed by atoms with Gasteiger partial charge in [0.25, 0.3) is 0 Å². The van der Waals surface area contributed by atoms with E-state index in [-0.39, 0.29) is 5.41 Å². The van der Waals surface area contributed by atoms with Crippen LogP contribution < -0.4 is 5.90 Å².